The number of carbonyl (C=O) groups is 2. The van der Waals surface area contributed by atoms with Gasteiger partial charge >= 0.3 is 12.2 Å². The molecule has 0 spiro atoms. The molecule has 2 aliphatic rings. The van der Waals surface area contributed by atoms with E-state index in [0.29, 0.717) is 25.4 Å². The highest BCUT2D eigenvalue weighted by molar-refractivity contribution is 7.99. The SMILES string of the molecule is CC(C)(C)OC(=O)N1CC(OC(=O)N2CCSCC2C#N)C1. The number of likely N-dealkylation sites (tertiary alicyclic amines) is 1. The predicted molar refractivity (Wildman–Crippen MR) is 81.5 cm³/mol. The van der Waals surface area contributed by atoms with E-state index in [0.717, 1.165) is 5.75 Å². The first-order valence-electron chi connectivity index (χ1n) is 7.22. The van der Waals surface area contributed by atoms with Gasteiger partial charge in [0.15, 0.2) is 0 Å². The Kier molecular flexibility index (Phi) is 5.06. The lowest BCUT2D eigenvalue weighted by molar-refractivity contribution is -0.0443. The molecule has 2 amide bonds. The van der Waals surface area contributed by atoms with Gasteiger partial charge in [0.1, 0.15) is 17.7 Å². The minimum Gasteiger partial charge on any atom is -0.444 e. The number of nitriles is 1. The molecule has 1 atom stereocenters. The number of hydrogen-bond donors (Lipinski definition) is 0. The van der Waals surface area contributed by atoms with E-state index in [1.54, 1.807) is 32.5 Å². The van der Waals surface area contributed by atoms with Crippen molar-refractivity contribution in [3.63, 3.8) is 0 Å². The minimum atomic E-state index is -0.537. The summed E-state index contributed by atoms with van der Waals surface area (Å²) in [5.41, 5.74) is -0.537. The van der Waals surface area contributed by atoms with Gasteiger partial charge in [0, 0.05) is 18.1 Å². The molecule has 8 heteroatoms. The van der Waals surface area contributed by atoms with Gasteiger partial charge in [-0.15, -0.1) is 0 Å². The molecular weight excluding hydrogens is 306 g/mol. The Labute approximate surface area is 134 Å². The van der Waals surface area contributed by atoms with Crippen molar-refractivity contribution in [1.82, 2.24) is 9.80 Å². The van der Waals surface area contributed by atoms with Gasteiger partial charge < -0.3 is 14.4 Å². The smallest absolute Gasteiger partial charge is 0.411 e. The van der Waals surface area contributed by atoms with Crippen LogP contribution in [0.15, 0.2) is 0 Å². The zero-order chi connectivity index (χ0) is 16.3. The van der Waals surface area contributed by atoms with Crippen molar-refractivity contribution in [1.29, 1.82) is 5.26 Å². The Morgan fingerprint density at radius 3 is 2.55 bits per heavy atom. The van der Waals surface area contributed by atoms with E-state index in [1.165, 1.54) is 9.80 Å². The third-order valence-corrected chi connectivity index (χ3v) is 4.30. The van der Waals surface area contributed by atoms with Gasteiger partial charge in [0.25, 0.3) is 0 Å². The van der Waals surface area contributed by atoms with Gasteiger partial charge in [0.2, 0.25) is 0 Å². The first-order chi connectivity index (χ1) is 10.3. The lowest BCUT2D eigenvalue weighted by Crippen LogP contribution is -2.58. The van der Waals surface area contributed by atoms with E-state index in [2.05, 4.69) is 6.07 Å². The molecule has 2 heterocycles. The topological polar surface area (TPSA) is 82.9 Å². The summed E-state index contributed by atoms with van der Waals surface area (Å²) in [6, 6.07) is 1.68. The number of carbonyl (C=O) groups excluding carboxylic acids is 2. The monoisotopic (exact) mass is 327 g/mol. The second-order valence-electron chi connectivity index (χ2n) is 6.30. The molecule has 2 saturated heterocycles. The zero-order valence-electron chi connectivity index (χ0n) is 13.1. The first kappa shape index (κ1) is 16.7. The van der Waals surface area contributed by atoms with E-state index in [1.807, 2.05) is 0 Å². The molecule has 0 aromatic heterocycles. The fraction of sp³-hybridized carbons (Fsp3) is 0.786. The summed E-state index contributed by atoms with van der Waals surface area (Å²) in [6.07, 6.45) is -1.20. The van der Waals surface area contributed by atoms with Crippen LogP contribution < -0.4 is 0 Å². The molecule has 7 nitrogen and oxygen atoms in total. The number of amides is 2. The van der Waals surface area contributed by atoms with Crippen molar-refractivity contribution < 1.29 is 19.1 Å². The first-order valence-corrected chi connectivity index (χ1v) is 8.38. The molecule has 0 radical (unpaired) electrons. The average Bonchev–Trinajstić information content (AvgIpc) is 2.39. The maximum atomic E-state index is 12.1. The predicted octanol–water partition coefficient (Wildman–Crippen LogP) is 1.68. The second kappa shape index (κ2) is 6.65. The van der Waals surface area contributed by atoms with Crippen molar-refractivity contribution >= 4 is 23.9 Å². The van der Waals surface area contributed by atoms with Gasteiger partial charge in [-0.3, -0.25) is 4.90 Å². The lowest BCUT2D eigenvalue weighted by atomic mass is 10.2. The van der Waals surface area contributed by atoms with E-state index >= 15 is 0 Å². The molecule has 0 saturated carbocycles. The lowest BCUT2D eigenvalue weighted by Gasteiger charge is -2.40. The molecule has 2 aliphatic heterocycles. The standard InChI is InChI=1S/C14H21N3O4S/c1-14(2,3)21-12(18)16-7-11(8-16)20-13(19)17-4-5-22-9-10(17)6-15/h10-11H,4-5,7-9H2,1-3H3. The van der Waals surface area contributed by atoms with Crippen molar-refractivity contribution in [3.05, 3.63) is 0 Å². The third-order valence-electron chi connectivity index (χ3n) is 3.28. The highest BCUT2D eigenvalue weighted by atomic mass is 32.2. The number of ether oxygens (including phenoxy) is 2. The molecule has 2 rings (SSSR count). The van der Waals surface area contributed by atoms with Crippen LogP contribution in [0.3, 0.4) is 0 Å². The number of thioether (sulfide) groups is 1. The Morgan fingerprint density at radius 1 is 1.27 bits per heavy atom. The van der Waals surface area contributed by atoms with E-state index in [-0.39, 0.29) is 6.10 Å². The number of hydrogen-bond acceptors (Lipinski definition) is 6. The van der Waals surface area contributed by atoms with Gasteiger partial charge in [-0.2, -0.15) is 17.0 Å². The molecule has 22 heavy (non-hydrogen) atoms. The van der Waals surface area contributed by atoms with Crippen LogP contribution in [0.2, 0.25) is 0 Å². The van der Waals surface area contributed by atoms with Crippen molar-refractivity contribution in [3.8, 4) is 6.07 Å². The Morgan fingerprint density at radius 2 is 1.95 bits per heavy atom. The summed E-state index contributed by atoms with van der Waals surface area (Å²) in [4.78, 5) is 26.8. The summed E-state index contributed by atoms with van der Waals surface area (Å²) in [6.45, 7) is 6.60. The average molecular weight is 327 g/mol. The summed E-state index contributed by atoms with van der Waals surface area (Å²) >= 11 is 1.66. The molecule has 2 fully saturated rings. The van der Waals surface area contributed by atoms with Crippen LogP contribution in [0.25, 0.3) is 0 Å². The van der Waals surface area contributed by atoms with Gasteiger partial charge in [0.05, 0.1) is 19.2 Å². The highest BCUT2D eigenvalue weighted by Gasteiger charge is 2.38. The van der Waals surface area contributed by atoms with E-state index in [4.69, 9.17) is 14.7 Å². The highest BCUT2D eigenvalue weighted by Crippen LogP contribution is 2.21. The molecule has 0 N–H and O–H groups in total. The zero-order valence-corrected chi connectivity index (χ0v) is 13.9. The van der Waals surface area contributed by atoms with E-state index < -0.39 is 23.8 Å². The van der Waals surface area contributed by atoms with E-state index in [9.17, 15) is 9.59 Å². The quantitative estimate of drug-likeness (QED) is 0.729. The van der Waals surface area contributed by atoms with Crippen LogP contribution in [0.5, 0.6) is 0 Å². The molecule has 0 aromatic rings. The molecular formula is C14H21N3O4S. The van der Waals surface area contributed by atoms with Crippen molar-refractivity contribution in [2.75, 3.05) is 31.1 Å². The fourth-order valence-electron chi connectivity index (χ4n) is 2.13. The summed E-state index contributed by atoms with van der Waals surface area (Å²) < 4.78 is 10.6. The summed E-state index contributed by atoms with van der Waals surface area (Å²) in [5.74, 6) is 1.42. The largest absolute Gasteiger partial charge is 0.444 e. The summed E-state index contributed by atoms with van der Waals surface area (Å²) in [7, 11) is 0. The number of rotatable bonds is 1. The van der Waals surface area contributed by atoms with Gasteiger partial charge in [-0.1, -0.05) is 0 Å². The van der Waals surface area contributed by atoms with Crippen LogP contribution >= 0.6 is 11.8 Å². The molecule has 122 valence electrons. The Bertz CT molecular complexity index is 479. The summed E-state index contributed by atoms with van der Waals surface area (Å²) in [5, 5.41) is 9.06. The van der Waals surface area contributed by atoms with Crippen LogP contribution in [-0.2, 0) is 9.47 Å². The maximum absolute atomic E-state index is 12.1. The number of nitrogens with zero attached hydrogens (tertiary/aromatic N) is 3. The fourth-order valence-corrected chi connectivity index (χ4v) is 3.10. The van der Waals surface area contributed by atoms with Crippen molar-refractivity contribution in [2.24, 2.45) is 0 Å². The van der Waals surface area contributed by atoms with Gasteiger partial charge in [-0.05, 0) is 20.8 Å². The van der Waals surface area contributed by atoms with Crippen LogP contribution in [0.4, 0.5) is 9.59 Å². The molecule has 0 bridgehead atoms. The third kappa shape index (κ3) is 4.19. The Balaban J connectivity index is 1.76. The van der Waals surface area contributed by atoms with Crippen LogP contribution in [-0.4, -0.2) is 70.9 Å². The normalized spacial score (nSPS) is 22.5. The maximum Gasteiger partial charge on any atom is 0.411 e. The molecule has 0 aliphatic carbocycles. The second-order valence-corrected chi connectivity index (χ2v) is 7.45. The minimum absolute atomic E-state index is 0.325. The molecule has 0 aromatic carbocycles. The van der Waals surface area contributed by atoms with Crippen LogP contribution in [0.1, 0.15) is 20.8 Å². The Hall–Kier alpha value is -1.62. The van der Waals surface area contributed by atoms with Crippen LogP contribution in [0, 0.1) is 11.3 Å². The van der Waals surface area contributed by atoms with Gasteiger partial charge in [-0.25, -0.2) is 9.59 Å². The molecule has 1 unspecified atom stereocenters. The van der Waals surface area contributed by atoms with Crippen molar-refractivity contribution in [2.45, 2.75) is 38.5 Å².